The molecule has 0 bridgehead atoms. The molecule has 3 aromatic heterocycles. The van der Waals surface area contributed by atoms with E-state index >= 15 is 0 Å². The highest BCUT2D eigenvalue weighted by atomic mass is 32.1. The molecule has 0 saturated carbocycles. The molecule has 5 heteroatoms. The first-order valence-electron chi connectivity index (χ1n) is 9.94. The maximum Gasteiger partial charge on any atom is 0.250 e. The number of nitriles is 1. The number of nitrogens with zero attached hydrogens (tertiary/aromatic N) is 3. The van der Waals surface area contributed by atoms with Crippen LogP contribution in [0.15, 0.2) is 82.5 Å². The van der Waals surface area contributed by atoms with Gasteiger partial charge in [0.1, 0.15) is 0 Å². The Hall–Kier alpha value is -3.49. The highest BCUT2D eigenvalue weighted by Gasteiger charge is 2.18. The Kier molecular flexibility index (Phi) is 6.84. The third kappa shape index (κ3) is 5.56. The van der Waals surface area contributed by atoms with Gasteiger partial charge in [0.15, 0.2) is 0 Å². The topological polar surface area (TPSA) is 58.7 Å². The summed E-state index contributed by atoms with van der Waals surface area (Å²) in [5.74, 6) is 0. The first kappa shape index (κ1) is 22.2. The van der Waals surface area contributed by atoms with Crippen LogP contribution in [0, 0.1) is 18.3 Å². The Morgan fingerprint density at radius 2 is 1.74 bits per heavy atom. The van der Waals surface area contributed by atoms with E-state index in [9.17, 15) is 4.79 Å². The van der Waals surface area contributed by atoms with Gasteiger partial charge in [0.2, 0.25) is 5.56 Å². The van der Waals surface area contributed by atoms with Crippen molar-refractivity contribution in [1.29, 1.82) is 5.26 Å². The summed E-state index contributed by atoms with van der Waals surface area (Å²) in [5.41, 5.74) is 6.08. The smallest absolute Gasteiger partial charge is 0.250 e. The molecule has 4 rings (SSSR count). The van der Waals surface area contributed by atoms with Crippen LogP contribution < -0.4 is 5.56 Å². The Morgan fingerprint density at radius 1 is 1.00 bits per heavy atom. The number of aryl methyl sites for hydroxylation is 2. The van der Waals surface area contributed by atoms with Gasteiger partial charge in [-0.3, -0.25) is 9.78 Å². The van der Waals surface area contributed by atoms with Gasteiger partial charge in [-0.25, -0.2) is 0 Å². The fourth-order valence-electron chi connectivity index (χ4n) is 2.98. The summed E-state index contributed by atoms with van der Waals surface area (Å²) in [7, 11) is 1.74. The second-order valence-corrected chi connectivity index (χ2v) is 8.69. The van der Waals surface area contributed by atoms with Crippen molar-refractivity contribution in [3.63, 3.8) is 0 Å². The van der Waals surface area contributed by atoms with E-state index in [0.29, 0.717) is 0 Å². The lowest BCUT2D eigenvalue weighted by Gasteiger charge is -2.15. The first-order valence-corrected chi connectivity index (χ1v) is 10.9. The second-order valence-electron chi connectivity index (χ2n) is 7.91. The molecular formula is C26H25N3OS. The van der Waals surface area contributed by atoms with Gasteiger partial charge in [-0.15, -0.1) is 0 Å². The first-order chi connectivity index (χ1) is 14.8. The van der Waals surface area contributed by atoms with Gasteiger partial charge in [0.25, 0.3) is 0 Å². The fraction of sp³-hybridized carbons (Fsp3) is 0.192. The summed E-state index contributed by atoms with van der Waals surface area (Å²) >= 11 is 1.67. The van der Waals surface area contributed by atoms with E-state index in [4.69, 9.17) is 5.26 Å². The van der Waals surface area contributed by atoms with Crippen LogP contribution in [-0.2, 0) is 12.5 Å². The SMILES string of the molecule is Cc1ccc(C(C)(C)C#N)cc1.Cn1cc(-c2cc(-c3ccsc3)ccn2)ccc1=O. The van der Waals surface area contributed by atoms with Crippen LogP contribution in [0.2, 0.25) is 0 Å². The molecule has 4 aromatic rings. The van der Waals surface area contributed by atoms with Crippen molar-refractivity contribution in [3.8, 4) is 28.5 Å². The maximum atomic E-state index is 11.4. The molecular weight excluding hydrogens is 402 g/mol. The zero-order valence-electron chi connectivity index (χ0n) is 18.2. The van der Waals surface area contributed by atoms with Gasteiger partial charge in [0.05, 0.1) is 17.2 Å². The molecule has 1 aromatic carbocycles. The molecule has 0 saturated heterocycles. The minimum atomic E-state index is -0.367. The highest BCUT2D eigenvalue weighted by Crippen LogP contribution is 2.25. The molecule has 0 spiro atoms. The molecule has 0 aliphatic heterocycles. The van der Waals surface area contributed by atoms with Crippen molar-refractivity contribution in [3.05, 3.63) is 99.2 Å². The fourth-order valence-corrected chi connectivity index (χ4v) is 3.64. The number of pyridine rings is 2. The van der Waals surface area contributed by atoms with Crippen molar-refractivity contribution in [2.75, 3.05) is 0 Å². The van der Waals surface area contributed by atoms with Crippen molar-refractivity contribution >= 4 is 11.3 Å². The molecule has 0 amide bonds. The summed E-state index contributed by atoms with van der Waals surface area (Å²) in [6, 6.07) is 19.9. The number of hydrogen-bond acceptors (Lipinski definition) is 4. The lowest BCUT2D eigenvalue weighted by atomic mass is 9.86. The van der Waals surface area contributed by atoms with Gasteiger partial charge < -0.3 is 4.57 Å². The van der Waals surface area contributed by atoms with Crippen LogP contribution in [0.3, 0.4) is 0 Å². The number of hydrogen-bond donors (Lipinski definition) is 0. The van der Waals surface area contributed by atoms with Crippen molar-refractivity contribution in [2.45, 2.75) is 26.2 Å². The van der Waals surface area contributed by atoms with Gasteiger partial charge in [-0.05, 0) is 72.5 Å². The van der Waals surface area contributed by atoms with E-state index in [1.807, 2.05) is 69.4 Å². The van der Waals surface area contributed by atoms with E-state index in [-0.39, 0.29) is 11.0 Å². The molecule has 0 radical (unpaired) electrons. The molecule has 4 nitrogen and oxygen atoms in total. The molecule has 156 valence electrons. The minimum Gasteiger partial charge on any atom is -0.318 e. The summed E-state index contributed by atoms with van der Waals surface area (Å²) in [4.78, 5) is 15.8. The van der Waals surface area contributed by atoms with E-state index < -0.39 is 0 Å². The van der Waals surface area contributed by atoms with Crippen molar-refractivity contribution in [2.24, 2.45) is 7.05 Å². The van der Waals surface area contributed by atoms with Crippen LogP contribution >= 0.6 is 11.3 Å². The quantitative estimate of drug-likeness (QED) is 0.404. The molecule has 0 N–H and O–H groups in total. The third-order valence-electron chi connectivity index (χ3n) is 5.05. The van der Waals surface area contributed by atoms with Crippen molar-refractivity contribution < 1.29 is 0 Å². The third-order valence-corrected chi connectivity index (χ3v) is 5.73. The summed E-state index contributed by atoms with van der Waals surface area (Å²) < 4.78 is 1.56. The zero-order chi connectivity index (χ0) is 22.4. The number of benzene rings is 1. The standard InChI is InChI=1S/C15H12N2OS.C11H13N/c1-17-9-12(2-3-15(17)18)14-8-11(4-6-16-14)13-5-7-19-10-13;1-9-4-6-10(7-5-9)11(2,3)8-12/h2-10H,1H3;4-7H,1-3H3. The van der Waals surface area contributed by atoms with Crippen LogP contribution in [0.1, 0.15) is 25.0 Å². The molecule has 0 atom stereocenters. The normalized spacial score (nSPS) is 10.7. The molecule has 31 heavy (non-hydrogen) atoms. The average molecular weight is 428 g/mol. The Balaban J connectivity index is 0.000000196. The molecule has 0 fully saturated rings. The van der Waals surface area contributed by atoms with E-state index in [1.54, 1.807) is 35.2 Å². The second kappa shape index (κ2) is 9.55. The Bertz CT molecular complexity index is 1250. The lowest BCUT2D eigenvalue weighted by Crippen LogP contribution is -2.14. The number of rotatable bonds is 3. The maximum absolute atomic E-state index is 11.4. The molecule has 0 aliphatic carbocycles. The highest BCUT2D eigenvalue weighted by molar-refractivity contribution is 7.08. The van der Waals surface area contributed by atoms with E-state index in [0.717, 1.165) is 22.4 Å². The predicted octanol–water partition coefficient (Wildman–Crippen LogP) is 5.97. The van der Waals surface area contributed by atoms with Gasteiger partial charge in [0, 0.05) is 31.1 Å². The van der Waals surface area contributed by atoms with Gasteiger partial charge in [-0.2, -0.15) is 16.6 Å². The van der Waals surface area contributed by atoms with Crippen LogP contribution in [-0.4, -0.2) is 9.55 Å². The van der Waals surface area contributed by atoms with Gasteiger partial charge in [-0.1, -0.05) is 29.8 Å². The minimum absolute atomic E-state index is 0.0160. The van der Waals surface area contributed by atoms with Crippen LogP contribution in [0.25, 0.3) is 22.4 Å². The number of thiophene rings is 1. The number of aromatic nitrogens is 2. The van der Waals surface area contributed by atoms with Crippen molar-refractivity contribution in [1.82, 2.24) is 9.55 Å². The predicted molar refractivity (Wildman–Crippen MR) is 128 cm³/mol. The summed E-state index contributed by atoms with van der Waals surface area (Å²) in [6.07, 6.45) is 3.61. The summed E-state index contributed by atoms with van der Waals surface area (Å²) in [5, 5.41) is 13.0. The van der Waals surface area contributed by atoms with E-state index in [1.165, 1.54) is 11.1 Å². The molecule has 0 aliphatic rings. The lowest BCUT2D eigenvalue weighted by molar-refractivity contribution is 0.686. The zero-order valence-corrected chi connectivity index (χ0v) is 19.0. The van der Waals surface area contributed by atoms with Crippen LogP contribution in [0.5, 0.6) is 0 Å². The van der Waals surface area contributed by atoms with Crippen LogP contribution in [0.4, 0.5) is 0 Å². The average Bonchev–Trinajstić information content (AvgIpc) is 3.32. The molecule has 0 unspecified atom stereocenters. The Morgan fingerprint density at radius 3 is 2.35 bits per heavy atom. The summed E-state index contributed by atoms with van der Waals surface area (Å²) in [6.45, 7) is 5.90. The largest absolute Gasteiger partial charge is 0.318 e. The Labute approximate surface area is 187 Å². The van der Waals surface area contributed by atoms with Gasteiger partial charge >= 0.3 is 0 Å². The van der Waals surface area contributed by atoms with E-state index in [2.05, 4.69) is 27.9 Å². The molecule has 3 heterocycles. The monoisotopic (exact) mass is 427 g/mol.